The molecular formula is C15H23N7O2. The number of rotatable bonds is 6. The molecule has 2 aromatic heterocycles. The maximum absolute atomic E-state index is 12.1. The molecule has 0 unspecified atom stereocenters. The van der Waals surface area contributed by atoms with E-state index in [4.69, 9.17) is 4.52 Å². The van der Waals surface area contributed by atoms with Gasteiger partial charge in [-0.05, 0) is 31.8 Å². The minimum absolute atomic E-state index is 0.179. The maximum Gasteiger partial charge on any atom is 0.273 e. The van der Waals surface area contributed by atoms with Gasteiger partial charge in [0.05, 0.1) is 12.7 Å². The summed E-state index contributed by atoms with van der Waals surface area (Å²) >= 11 is 0. The number of nitrogens with one attached hydrogen (secondary N) is 2. The molecule has 1 aliphatic rings. The number of hydrogen-bond donors (Lipinski definition) is 2. The molecule has 9 nitrogen and oxygen atoms in total. The molecule has 3 heterocycles. The summed E-state index contributed by atoms with van der Waals surface area (Å²) in [5.41, 5.74) is 0.294. The fraction of sp³-hybridized carbons (Fsp3) is 0.667. The number of piperidine rings is 1. The maximum atomic E-state index is 12.1. The van der Waals surface area contributed by atoms with Gasteiger partial charge in [0.1, 0.15) is 0 Å². The minimum Gasteiger partial charge on any atom is -0.342 e. The lowest BCUT2D eigenvalue weighted by molar-refractivity contribution is 0.0941. The first-order valence-electron chi connectivity index (χ1n) is 8.33. The second kappa shape index (κ2) is 7.52. The number of hydrogen-bond acceptors (Lipinski definition) is 7. The number of aromatic nitrogens is 5. The third-order valence-electron chi connectivity index (χ3n) is 4.02. The molecule has 2 aromatic rings. The summed E-state index contributed by atoms with van der Waals surface area (Å²) in [6.45, 7) is 6.97. The molecule has 1 aliphatic heterocycles. The summed E-state index contributed by atoms with van der Waals surface area (Å²) in [7, 11) is 0. The molecule has 0 bridgehead atoms. The molecule has 0 aliphatic carbocycles. The highest BCUT2D eigenvalue weighted by atomic mass is 16.5. The van der Waals surface area contributed by atoms with E-state index < -0.39 is 0 Å². The second-order valence-corrected chi connectivity index (χ2v) is 6.42. The highest BCUT2D eigenvalue weighted by Gasteiger charge is 2.17. The van der Waals surface area contributed by atoms with Crippen LogP contribution in [0.1, 0.15) is 54.8 Å². The Hall–Kier alpha value is -2.29. The standard InChI is InChI=1S/C15H23N7O2/c1-10(2)14-18-13(24-20-14)7-17-15(23)12-9-22(21-19-12)8-11-4-3-5-16-6-11/h9-11,16H,3-8H2,1-2H3,(H,17,23)/t11-/m0/s1. The third-order valence-corrected chi connectivity index (χ3v) is 4.02. The van der Waals surface area contributed by atoms with E-state index in [1.165, 1.54) is 12.8 Å². The van der Waals surface area contributed by atoms with E-state index in [9.17, 15) is 4.79 Å². The minimum atomic E-state index is -0.299. The van der Waals surface area contributed by atoms with Gasteiger partial charge in [0.15, 0.2) is 11.5 Å². The summed E-state index contributed by atoms with van der Waals surface area (Å²) in [5, 5.41) is 17.9. The first-order chi connectivity index (χ1) is 11.6. The lowest BCUT2D eigenvalue weighted by atomic mass is 10.00. The van der Waals surface area contributed by atoms with Gasteiger partial charge < -0.3 is 15.2 Å². The second-order valence-electron chi connectivity index (χ2n) is 6.42. The summed E-state index contributed by atoms with van der Waals surface area (Å²) in [5.74, 6) is 1.43. The summed E-state index contributed by atoms with van der Waals surface area (Å²) in [6, 6.07) is 0. The van der Waals surface area contributed by atoms with Crippen molar-refractivity contribution in [2.24, 2.45) is 5.92 Å². The number of nitrogens with zero attached hydrogens (tertiary/aromatic N) is 5. The van der Waals surface area contributed by atoms with Crippen LogP contribution in [0.25, 0.3) is 0 Å². The SMILES string of the molecule is CC(C)c1noc(CNC(=O)c2cn(C[C@H]3CCCNC3)nn2)n1. The summed E-state index contributed by atoms with van der Waals surface area (Å²) in [6.07, 6.45) is 4.02. The Balaban J connectivity index is 1.51. The smallest absolute Gasteiger partial charge is 0.273 e. The first kappa shape index (κ1) is 16.6. The molecular weight excluding hydrogens is 310 g/mol. The quantitative estimate of drug-likeness (QED) is 0.801. The predicted molar refractivity (Wildman–Crippen MR) is 85.2 cm³/mol. The van der Waals surface area contributed by atoms with E-state index in [0.29, 0.717) is 23.3 Å². The Labute approximate surface area is 140 Å². The Kier molecular flexibility index (Phi) is 5.19. The van der Waals surface area contributed by atoms with Crippen LogP contribution < -0.4 is 10.6 Å². The molecule has 24 heavy (non-hydrogen) atoms. The van der Waals surface area contributed by atoms with Crippen LogP contribution >= 0.6 is 0 Å². The van der Waals surface area contributed by atoms with Crippen LogP contribution in [0, 0.1) is 5.92 Å². The van der Waals surface area contributed by atoms with Crippen LogP contribution in [-0.4, -0.2) is 44.1 Å². The van der Waals surface area contributed by atoms with E-state index in [0.717, 1.165) is 19.6 Å². The highest BCUT2D eigenvalue weighted by Crippen LogP contribution is 2.12. The van der Waals surface area contributed by atoms with Crippen molar-refractivity contribution in [1.82, 2.24) is 35.8 Å². The fourth-order valence-corrected chi connectivity index (χ4v) is 2.66. The van der Waals surface area contributed by atoms with Gasteiger partial charge in [0.2, 0.25) is 5.89 Å². The van der Waals surface area contributed by atoms with Crippen molar-refractivity contribution in [1.29, 1.82) is 0 Å². The predicted octanol–water partition coefficient (Wildman–Crippen LogP) is 0.714. The normalized spacial score (nSPS) is 18.0. The van der Waals surface area contributed by atoms with Gasteiger partial charge in [-0.25, -0.2) is 0 Å². The lowest BCUT2D eigenvalue weighted by Crippen LogP contribution is -2.32. The average Bonchev–Trinajstić information content (AvgIpc) is 3.23. The van der Waals surface area contributed by atoms with Crippen molar-refractivity contribution in [2.75, 3.05) is 13.1 Å². The number of amides is 1. The molecule has 1 fully saturated rings. The molecule has 1 amide bonds. The van der Waals surface area contributed by atoms with Gasteiger partial charge in [0, 0.05) is 12.5 Å². The molecule has 0 aromatic carbocycles. The van der Waals surface area contributed by atoms with Crippen LogP contribution in [0.15, 0.2) is 10.7 Å². The van der Waals surface area contributed by atoms with Crippen LogP contribution in [0.3, 0.4) is 0 Å². The van der Waals surface area contributed by atoms with Crippen LogP contribution in [-0.2, 0) is 13.1 Å². The Morgan fingerprint density at radius 3 is 3.12 bits per heavy atom. The van der Waals surface area contributed by atoms with Crippen LogP contribution in [0.2, 0.25) is 0 Å². The van der Waals surface area contributed by atoms with E-state index in [-0.39, 0.29) is 18.4 Å². The van der Waals surface area contributed by atoms with Crippen molar-refractivity contribution in [3.8, 4) is 0 Å². The van der Waals surface area contributed by atoms with Gasteiger partial charge in [-0.3, -0.25) is 9.48 Å². The lowest BCUT2D eigenvalue weighted by Gasteiger charge is -2.22. The zero-order valence-corrected chi connectivity index (χ0v) is 14.0. The third kappa shape index (κ3) is 4.16. The molecule has 2 N–H and O–H groups in total. The van der Waals surface area contributed by atoms with Gasteiger partial charge in [-0.15, -0.1) is 5.10 Å². The summed E-state index contributed by atoms with van der Waals surface area (Å²) < 4.78 is 6.83. The van der Waals surface area contributed by atoms with Gasteiger partial charge in [-0.2, -0.15) is 4.98 Å². The van der Waals surface area contributed by atoms with E-state index >= 15 is 0 Å². The average molecular weight is 333 g/mol. The van der Waals surface area contributed by atoms with Crippen LogP contribution in [0.4, 0.5) is 0 Å². The summed E-state index contributed by atoms with van der Waals surface area (Å²) in [4.78, 5) is 16.4. The van der Waals surface area contributed by atoms with Crippen LogP contribution in [0.5, 0.6) is 0 Å². The highest BCUT2D eigenvalue weighted by molar-refractivity contribution is 5.91. The monoisotopic (exact) mass is 333 g/mol. The van der Waals surface area contributed by atoms with E-state index in [1.54, 1.807) is 10.9 Å². The number of carbonyl (C=O) groups excluding carboxylic acids is 1. The zero-order chi connectivity index (χ0) is 16.9. The molecule has 1 saturated heterocycles. The molecule has 0 spiro atoms. The van der Waals surface area contributed by atoms with Crippen molar-refractivity contribution in [3.63, 3.8) is 0 Å². The van der Waals surface area contributed by atoms with Gasteiger partial charge >= 0.3 is 0 Å². The molecule has 9 heteroatoms. The molecule has 130 valence electrons. The zero-order valence-electron chi connectivity index (χ0n) is 14.0. The largest absolute Gasteiger partial charge is 0.342 e. The Morgan fingerprint density at radius 1 is 1.54 bits per heavy atom. The van der Waals surface area contributed by atoms with Crippen molar-refractivity contribution in [2.45, 2.75) is 45.7 Å². The van der Waals surface area contributed by atoms with Crippen molar-refractivity contribution >= 4 is 5.91 Å². The fourth-order valence-electron chi connectivity index (χ4n) is 2.66. The van der Waals surface area contributed by atoms with Gasteiger partial charge in [0.25, 0.3) is 5.91 Å². The topological polar surface area (TPSA) is 111 Å². The Morgan fingerprint density at radius 2 is 2.42 bits per heavy atom. The molecule has 0 saturated carbocycles. The molecule has 0 radical (unpaired) electrons. The van der Waals surface area contributed by atoms with Gasteiger partial charge in [-0.1, -0.05) is 24.2 Å². The first-order valence-corrected chi connectivity index (χ1v) is 8.33. The van der Waals surface area contributed by atoms with Crippen molar-refractivity contribution < 1.29 is 9.32 Å². The van der Waals surface area contributed by atoms with Crippen molar-refractivity contribution in [3.05, 3.63) is 23.6 Å². The van der Waals surface area contributed by atoms with E-state index in [2.05, 4.69) is 31.1 Å². The number of carbonyl (C=O) groups is 1. The Bertz CT molecular complexity index is 673. The molecule has 1 atom stereocenters. The molecule has 3 rings (SSSR count). The van der Waals surface area contributed by atoms with E-state index in [1.807, 2.05) is 13.8 Å².